The van der Waals surface area contributed by atoms with E-state index in [1.54, 1.807) is 4.68 Å². The Balaban J connectivity index is 1.90. The molecule has 0 saturated heterocycles. The zero-order valence-electron chi connectivity index (χ0n) is 11.8. The molecule has 0 amide bonds. The molecule has 1 aromatic carbocycles. The number of hydrogen-bond acceptors (Lipinski definition) is 3. The maximum atomic E-state index is 10.6. The lowest BCUT2D eigenvalue weighted by atomic mass is 10.1. The number of aromatic nitrogens is 2. The number of carboxylic acid groups (broad SMARTS) is 1. The predicted octanol–water partition coefficient (Wildman–Crippen LogP) is 1.68. The van der Waals surface area contributed by atoms with E-state index >= 15 is 0 Å². The van der Waals surface area contributed by atoms with Crippen LogP contribution in [0, 0.1) is 0 Å². The lowest BCUT2D eigenvalue weighted by molar-refractivity contribution is -0.136. The molecule has 0 aliphatic rings. The molecule has 0 atom stereocenters. The molecule has 5 heteroatoms. The monoisotopic (exact) mass is 273 g/mol. The van der Waals surface area contributed by atoms with Crippen LogP contribution in [-0.2, 0) is 31.4 Å². The lowest BCUT2D eigenvalue weighted by Gasteiger charge is -2.15. The number of rotatable bonds is 6. The van der Waals surface area contributed by atoms with Crippen LogP contribution in [-0.4, -0.2) is 32.8 Å². The largest absolute Gasteiger partial charge is 0.481 e. The van der Waals surface area contributed by atoms with Crippen molar-refractivity contribution in [2.45, 2.75) is 19.5 Å². The third-order valence-corrected chi connectivity index (χ3v) is 3.04. The minimum absolute atomic E-state index is 0.0752. The molecule has 0 aliphatic heterocycles. The molecule has 1 aromatic heterocycles. The van der Waals surface area contributed by atoms with Crippen LogP contribution in [0.25, 0.3) is 0 Å². The first-order chi connectivity index (χ1) is 9.52. The van der Waals surface area contributed by atoms with Gasteiger partial charge < -0.3 is 5.11 Å². The first kappa shape index (κ1) is 14.3. The van der Waals surface area contributed by atoms with Crippen LogP contribution in [0.3, 0.4) is 0 Å². The van der Waals surface area contributed by atoms with Gasteiger partial charge in [-0.1, -0.05) is 24.3 Å². The summed E-state index contributed by atoms with van der Waals surface area (Å²) in [5.74, 6) is -0.800. The van der Waals surface area contributed by atoms with Crippen molar-refractivity contribution in [1.29, 1.82) is 0 Å². The quantitative estimate of drug-likeness (QED) is 0.870. The van der Waals surface area contributed by atoms with Gasteiger partial charge in [-0.25, -0.2) is 0 Å². The van der Waals surface area contributed by atoms with Crippen LogP contribution in [0.15, 0.2) is 36.7 Å². The molecular weight excluding hydrogens is 254 g/mol. The summed E-state index contributed by atoms with van der Waals surface area (Å²) in [5.41, 5.74) is 3.18. The van der Waals surface area contributed by atoms with Gasteiger partial charge in [0.2, 0.25) is 0 Å². The molecule has 0 unspecified atom stereocenters. The van der Waals surface area contributed by atoms with E-state index in [1.807, 2.05) is 43.7 Å². The molecule has 0 radical (unpaired) electrons. The molecule has 2 rings (SSSR count). The molecule has 0 aliphatic carbocycles. The average Bonchev–Trinajstić information content (AvgIpc) is 2.76. The Bertz CT molecular complexity index is 575. The van der Waals surface area contributed by atoms with Crippen molar-refractivity contribution in [3.05, 3.63) is 53.3 Å². The smallest absolute Gasteiger partial charge is 0.307 e. The Morgan fingerprint density at radius 2 is 1.80 bits per heavy atom. The Hall–Kier alpha value is -2.14. The third kappa shape index (κ3) is 4.20. The summed E-state index contributed by atoms with van der Waals surface area (Å²) >= 11 is 0. The maximum absolute atomic E-state index is 10.6. The van der Waals surface area contributed by atoms with E-state index < -0.39 is 5.97 Å². The van der Waals surface area contributed by atoms with Gasteiger partial charge in [-0.3, -0.25) is 14.4 Å². The highest BCUT2D eigenvalue weighted by Crippen LogP contribution is 2.10. The fourth-order valence-electron chi connectivity index (χ4n) is 2.17. The Morgan fingerprint density at radius 3 is 2.35 bits per heavy atom. The second-order valence-electron chi connectivity index (χ2n) is 5.08. The Kier molecular flexibility index (Phi) is 4.53. The van der Waals surface area contributed by atoms with E-state index in [9.17, 15) is 4.79 Å². The zero-order chi connectivity index (χ0) is 14.5. The molecule has 0 fully saturated rings. The first-order valence-electron chi connectivity index (χ1n) is 6.48. The standard InChI is InChI=1S/C15H19N3O2/c1-17(10-14-8-16-18(2)11-14)9-13-5-3-12(4-6-13)7-15(19)20/h3-6,8,11H,7,9-10H2,1-2H3,(H,19,20). The van der Waals surface area contributed by atoms with Crippen molar-refractivity contribution < 1.29 is 9.90 Å². The van der Waals surface area contributed by atoms with Gasteiger partial charge in [0.15, 0.2) is 0 Å². The number of carbonyl (C=O) groups is 1. The van der Waals surface area contributed by atoms with E-state index in [-0.39, 0.29) is 6.42 Å². The lowest BCUT2D eigenvalue weighted by Crippen LogP contribution is -2.16. The van der Waals surface area contributed by atoms with Crippen LogP contribution >= 0.6 is 0 Å². The van der Waals surface area contributed by atoms with Crippen LogP contribution < -0.4 is 0 Å². The van der Waals surface area contributed by atoms with E-state index in [0.29, 0.717) is 0 Å². The van der Waals surface area contributed by atoms with Gasteiger partial charge >= 0.3 is 5.97 Å². The summed E-state index contributed by atoms with van der Waals surface area (Å²) in [6.45, 7) is 1.66. The van der Waals surface area contributed by atoms with E-state index in [2.05, 4.69) is 17.0 Å². The minimum atomic E-state index is -0.800. The van der Waals surface area contributed by atoms with Gasteiger partial charge in [-0.15, -0.1) is 0 Å². The summed E-state index contributed by atoms with van der Waals surface area (Å²) in [4.78, 5) is 12.8. The minimum Gasteiger partial charge on any atom is -0.481 e. The molecule has 0 spiro atoms. The van der Waals surface area contributed by atoms with Crippen molar-refractivity contribution in [2.75, 3.05) is 7.05 Å². The summed E-state index contributed by atoms with van der Waals surface area (Å²) in [5, 5.41) is 12.9. The summed E-state index contributed by atoms with van der Waals surface area (Å²) in [7, 11) is 3.96. The maximum Gasteiger partial charge on any atom is 0.307 e. The van der Waals surface area contributed by atoms with Crippen molar-refractivity contribution in [1.82, 2.24) is 14.7 Å². The number of benzene rings is 1. The molecule has 5 nitrogen and oxygen atoms in total. The molecule has 0 saturated carbocycles. The molecule has 106 valence electrons. The van der Waals surface area contributed by atoms with Gasteiger partial charge in [0.05, 0.1) is 12.6 Å². The molecular formula is C15H19N3O2. The number of aliphatic carboxylic acids is 1. The first-order valence-corrected chi connectivity index (χ1v) is 6.48. The fraction of sp³-hybridized carbons (Fsp3) is 0.333. The number of nitrogens with zero attached hydrogens (tertiary/aromatic N) is 3. The second-order valence-corrected chi connectivity index (χ2v) is 5.08. The third-order valence-electron chi connectivity index (χ3n) is 3.04. The van der Waals surface area contributed by atoms with Crippen molar-refractivity contribution >= 4 is 5.97 Å². The normalized spacial score (nSPS) is 10.9. The number of aryl methyl sites for hydroxylation is 1. The summed E-state index contributed by atoms with van der Waals surface area (Å²) in [6, 6.07) is 7.72. The number of hydrogen-bond donors (Lipinski definition) is 1. The topological polar surface area (TPSA) is 58.4 Å². The van der Waals surface area contributed by atoms with Gasteiger partial charge in [-0.2, -0.15) is 5.10 Å². The zero-order valence-corrected chi connectivity index (χ0v) is 11.8. The average molecular weight is 273 g/mol. The molecule has 0 bridgehead atoms. The SMILES string of the molecule is CN(Cc1ccc(CC(=O)O)cc1)Cc1cnn(C)c1. The van der Waals surface area contributed by atoms with Crippen LogP contribution in [0.1, 0.15) is 16.7 Å². The molecule has 1 heterocycles. The molecule has 2 aromatic rings. The highest BCUT2D eigenvalue weighted by Gasteiger charge is 2.05. The second kappa shape index (κ2) is 6.34. The van der Waals surface area contributed by atoms with Crippen molar-refractivity contribution in [3.63, 3.8) is 0 Å². The highest BCUT2D eigenvalue weighted by atomic mass is 16.4. The number of carboxylic acids is 1. The van der Waals surface area contributed by atoms with E-state index in [0.717, 1.165) is 18.7 Å². The Labute approximate surface area is 118 Å². The van der Waals surface area contributed by atoms with Crippen molar-refractivity contribution in [2.24, 2.45) is 7.05 Å². The van der Waals surface area contributed by atoms with Crippen LogP contribution in [0.2, 0.25) is 0 Å². The van der Waals surface area contributed by atoms with Crippen LogP contribution in [0.4, 0.5) is 0 Å². The Morgan fingerprint density at radius 1 is 1.20 bits per heavy atom. The van der Waals surface area contributed by atoms with Gasteiger partial charge in [-0.05, 0) is 18.2 Å². The highest BCUT2D eigenvalue weighted by molar-refractivity contribution is 5.70. The van der Waals surface area contributed by atoms with Gasteiger partial charge in [0.1, 0.15) is 0 Å². The van der Waals surface area contributed by atoms with E-state index in [1.165, 1.54) is 11.1 Å². The predicted molar refractivity (Wildman–Crippen MR) is 76.2 cm³/mol. The fourth-order valence-corrected chi connectivity index (χ4v) is 2.17. The van der Waals surface area contributed by atoms with Crippen molar-refractivity contribution in [3.8, 4) is 0 Å². The van der Waals surface area contributed by atoms with Gasteiger partial charge in [0, 0.05) is 31.9 Å². The van der Waals surface area contributed by atoms with Crippen LogP contribution in [0.5, 0.6) is 0 Å². The van der Waals surface area contributed by atoms with Gasteiger partial charge in [0.25, 0.3) is 0 Å². The summed E-state index contributed by atoms with van der Waals surface area (Å²) in [6.07, 6.45) is 3.95. The molecule has 20 heavy (non-hydrogen) atoms. The summed E-state index contributed by atoms with van der Waals surface area (Å²) < 4.78 is 1.80. The molecule has 1 N–H and O–H groups in total. The van der Waals surface area contributed by atoms with E-state index in [4.69, 9.17) is 5.11 Å².